The molecule has 0 unspecified atom stereocenters. The monoisotopic (exact) mass is 287 g/mol. The summed E-state index contributed by atoms with van der Waals surface area (Å²) in [6.45, 7) is 2.48. The second-order valence-electron chi connectivity index (χ2n) is 5.00. The molecule has 6 nitrogen and oxygen atoms in total. The van der Waals surface area contributed by atoms with Crippen LogP contribution >= 0.6 is 0 Å². The first-order chi connectivity index (χ1) is 10.2. The molecule has 0 aliphatic carbocycles. The van der Waals surface area contributed by atoms with E-state index in [1.807, 2.05) is 13.0 Å². The molecule has 0 bridgehead atoms. The Kier molecular flexibility index (Phi) is 3.60. The van der Waals surface area contributed by atoms with E-state index in [4.69, 9.17) is 9.57 Å². The number of ether oxygens (including phenoxy) is 1. The number of hydrogen-bond acceptors (Lipinski definition) is 5. The Hall–Kier alpha value is -2.37. The van der Waals surface area contributed by atoms with Gasteiger partial charge in [-0.2, -0.15) is 0 Å². The van der Waals surface area contributed by atoms with Crippen LogP contribution in [0.25, 0.3) is 10.9 Å². The summed E-state index contributed by atoms with van der Waals surface area (Å²) in [4.78, 5) is 22.3. The third-order valence-corrected chi connectivity index (χ3v) is 3.64. The molecule has 2 heterocycles. The van der Waals surface area contributed by atoms with Crippen molar-refractivity contribution in [1.29, 1.82) is 0 Å². The van der Waals surface area contributed by atoms with Crippen molar-refractivity contribution in [3.63, 3.8) is 0 Å². The molecule has 1 aromatic heterocycles. The summed E-state index contributed by atoms with van der Waals surface area (Å²) in [6.07, 6.45) is 3.08. The summed E-state index contributed by atoms with van der Waals surface area (Å²) < 4.78 is 6.82. The average Bonchev–Trinajstić information content (AvgIpc) is 2.97. The van der Waals surface area contributed by atoms with Crippen molar-refractivity contribution in [3.05, 3.63) is 34.9 Å². The van der Waals surface area contributed by atoms with E-state index in [2.05, 4.69) is 10.1 Å². The van der Waals surface area contributed by atoms with Crippen molar-refractivity contribution in [3.8, 4) is 5.75 Å². The van der Waals surface area contributed by atoms with Crippen molar-refractivity contribution >= 4 is 16.6 Å². The lowest BCUT2D eigenvalue weighted by molar-refractivity contribution is 0.0716. The number of fused-ring (bicyclic) bond motifs is 1. The molecule has 3 rings (SSSR count). The summed E-state index contributed by atoms with van der Waals surface area (Å²) in [5.41, 5.74) is 1.54. The minimum absolute atomic E-state index is 0.105. The van der Waals surface area contributed by atoms with Crippen LogP contribution < -0.4 is 10.3 Å². The second-order valence-corrected chi connectivity index (χ2v) is 5.00. The highest BCUT2D eigenvalue weighted by molar-refractivity contribution is 5.85. The van der Waals surface area contributed by atoms with Gasteiger partial charge in [-0.05, 0) is 18.6 Å². The molecule has 0 amide bonds. The van der Waals surface area contributed by atoms with E-state index in [0.717, 1.165) is 18.6 Å². The molecule has 0 spiro atoms. The summed E-state index contributed by atoms with van der Waals surface area (Å²) in [6, 6.07) is 5.38. The molecule has 1 atom stereocenters. The fourth-order valence-corrected chi connectivity index (χ4v) is 2.48. The lowest BCUT2D eigenvalue weighted by atomic mass is 10.1. The standard InChI is InChI=1S/C15H17N3O3/c1-3-10-7-11(21-17-10)8-18-9-16-12-5-4-6-13(20-2)14(12)15(18)19/h4-6,9,11H,3,7-8H2,1-2H3/t11-/m0/s1. The topological polar surface area (TPSA) is 65.7 Å². The molecule has 1 aromatic carbocycles. The van der Waals surface area contributed by atoms with Crippen LogP contribution in [0.15, 0.2) is 34.5 Å². The molecule has 1 aliphatic heterocycles. The van der Waals surface area contributed by atoms with Gasteiger partial charge in [0.25, 0.3) is 5.56 Å². The highest BCUT2D eigenvalue weighted by Crippen LogP contribution is 2.20. The fourth-order valence-electron chi connectivity index (χ4n) is 2.48. The van der Waals surface area contributed by atoms with Gasteiger partial charge >= 0.3 is 0 Å². The molecule has 0 saturated carbocycles. The SMILES string of the molecule is CCC1=NO[C@H](Cn2cnc3cccc(OC)c3c2=O)C1. The number of oxime groups is 1. The van der Waals surface area contributed by atoms with Crippen LogP contribution in [-0.4, -0.2) is 28.5 Å². The Morgan fingerprint density at radius 2 is 2.33 bits per heavy atom. The van der Waals surface area contributed by atoms with Gasteiger partial charge in [-0.3, -0.25) is 9.36 Å². The van der Waals surface area contributed by atoms with Gasteiger partial charge in [-0.1, -0.05) is 18.1 Å². The number of rotatable bonds is 4. The van der Waals surface area contributed by atoms with Crippen LogP contribution in [0.2, 0.25) is 0 Å². The largest absolute Gasteiger partial charge is 0.496 e. The first kappa shape index (κ1) is 13.6. The van der Waals surface area contributed by atoms with Gasteiger partial charge < -0.3 is 9.57 Å². The predicted molar refractivity (Wildman–Crippen MR) is 79.8 cm³/mol. The summed E-state index contributed by atoms with van der Waals surface area (Å²) in [5, 5.41) is 4.51. The number of benzene rings is 1. The Morgan fingerprint density at radius 1 is 1.48 bits per heavy atom. The Labute approximate surface area is 122 Å². The van der Waals surface area contributed by atoms with Gasteiger partial charge in [0.2, 0.25) is 0 Å². The van der Waals surface area contributed by atoms with Crippen molar-refractivity contribution in [1.82, 2.24) is 9.55 Å². The van der Waals surface area contributed by atoms with Crippen molar-refractivity contribution < 1.29 is 9.57 Å². The molecule has 1 aliphatic rings. The molecule has 2 aromatic rings. The Morgan fingerprint density at radius 3 is 3.05 bits per heavy atom. The summed E-state index contributed by atoms with van der Waals surface area (Å²) >= 11 is 0. The third-order valence-electron chi connectivity index (χ3n) is 3.64. The zero-order chi connectivity index (χ0) is 14.8. The molecule has 0 saturated heterocycles. The maximum atomic E-state index is 12.6. The van der Waals surface area contributed by atoms with Crippen molar-refractivity contribution in [2.75, 3.05) is 7.11 Å². The molecular weight excluding hydrogens is 270 g/mol. The summed E-state index contributed by atoms with van der Waals surface area (Å²) in [7, 11) is 1.55. The minimum Gasteiger partial charge on any atom is -0.496 e. The van der Waals surface area contributed by atoms with Gasteiger partial charge in [0, 0.05) is 6.42 Å². The van der Waals surface area contributed by atoms with Gasteiger partial charge in [-0.25, -0.2) is 4.98 Å². The first-order valence-electron chi connectivity index (χ1n) is 6.96. The number of methoxy groups -OCH3 is 1. The van der Waals surface area contributed by atoms with Crippen LogP contribution in [0.1, 0.15) is 19.8 Å². The minimum atomic E-state index is -0.119. The number of aromatic nitrogens is 2. The van der Waals surface area contributed by atoms with Crippen LogP contribution in [-0.2, 0) is 11.4 Å². The zero-order valence-corrected chi connectivity index (χ0v) is 12.1. The van der Waals surface area contributed by atoms with Crippen LogP contribution in [0.5, 0.6) is 5.75 Å². The average molecular weight is 287 g/mol. The highest BCUT2D eigenvalue weighted by atomic mass is 16.6. The van der Waals surface area contributed by atoms with E-state index in [9.17, 15) is 4.79 Å². The first-order valence-corrected chi connectivity index (χ1v) is 6.96. The molecular formula is C15H17N3O3. The molecule has 110 valence electrons. The van der Waals surface area contributed by atoms with Gasteiger partial charge in [0.1, 0.15) is 11.1 Å². The van der Waals surface area contributed by atoms with E-state index >= 15 is 0 Å². The lowest BCUT2D eigenvalue weighted by Gasteiger charge is -2.12. The summed E-state index contributed by atoms with van der Waals surface area (Å²) in [5.74, 6) is 0.539. The maximum absolute atomic E-state index is 12.6. The third kappa shape index (κ3) is 2.49. The van der Waals surface area contributed by atoms with Crippen molar-refractivity contribution in [2.24, 2.45) is 5.16 Å². The zero-order valence-electron chi connectivity index (χ0n) is 12.1. The van der Waals surface area contributed by atoms with E-state index in [1.54, 1.807) is 30.1 Å². The molecule has 0 N–H and O–H groups in total. The predicted octanol–water partition coefficient (Wildman–Crippen LogP) is 1.96. The van der Waals surface area contributed by atoms with Crippen LogP contribution in [0, 0.1) is 0 Å². The number of hydrogen-bond donors (Lipinski definition) is 0. The van der Waals surface area contributed by atoms with Crippen LogP contribution in [0.3, 0.4) is 0 Å². The van der Waals surface area contributed by atoms with Crippen molar-refractivity contribution in [2.45, 2.75) is 32.4 Å². The number of nitrogens with zero attached hydrogens (tertiary/aromatic N) is 3. The Balaban J connectivity index is 1.94. The van der Waals surface area contributed by atoms with Gasteiger partial charge in [0.15, 0.2) is 6.10 Å². The second kappa shape index (κ2) is 5.55. The highest BCUT2D eigenvalue weighted by Gasteiger charge is 2.21. The Bertz CT molecular complexity index is 751. The molecule has 0 radical (unpaired) electrons. The molecule has 21 heavy (non-hydrogen) atoms. The van der Waals surface area contributed by atoms with Gasteiger partial charge in [-0.15, -0.1) is 0 Å². The fraction of sp³-hybridized carbons (Fsp3) is 0.400. The van der Waals surface area contributed by atoms with E-state index < -0.39 is 0 Å². The quantitative estimate of drug-likeness (QED) is 0.862. The smallest absolute Gasteiger partial charge is 0.265 e. The van der Waals surface area contributed by atoms with Gasteiger partial charge in [0.05, 0.1) is 31.2 Å². The maximum Gasteiger partial charge on any atom is 0.265 e. The molecule has 6 heteroatoms. The van der Waals surface area contributed by atoms with E-state index in [1.165, 1.54) is 0 Å². The van der Waals surface area contributed by atoms with E-state index in [-0.39, 0.29) is 11.7 Å². The van der Waals surface area contributed by atoms with E-state index in [0.29, 0.717) is 23.2 Å². The lowest BCUT2D eigenvalue weighted by Crippen LogP contribution is -2.27. The molecule has 0 fully saturated rings. The normalized spacial score (nSPS) is 17.6. The van der Waals surface area contributed by atoms with Crippen LogP contribution in [0.4, 0.5) is 0 Å².